The van der Waals surface area contributed by atoms with E-state index in [1.54, 1.807) is 7.05 Å². The van der Waals surface area contributed by atoms with E-state index in [-0.39, 0.29) is 19.0 Å². The number of likely N-dealkylation sites (N-methyl/N-ethyl adjacent to an activating group) is 1. The van der Waals surface area contributed by atoms with Gasteiger partial charge in [-0.15, -0.1) is 0 Å². The molecular weight excluding hydrogens is 281 g/mol. The van der Waals surface area contributed by atoms with Crippen LogP contribution in [0.4, 0.5) is 14.9 Å². The zero-order valence-electron chi connectivity index (χ0n) is 11.7. The first-order valence-electron chi connectivity index (χ1n) is 6.15. The number of carbonyl (C=O) groups is 3. The van der Waals surface area contributed by atoms with Gasteiger partial charge in [-0.25, -0.2) is 9.18 Å². The van der Waals surface area contributed by atoms with Crippen LogP contribution in [0.15, 0.2) is 24.3 Å². The Kier molecular flexibility index (Phi) is 6.28. The largest absolute Gasteiger partial charge is 0.453 e. The number of imide groups is 1. The smallest absolute Gasteiger partial charge is 0.413 e. The molecule has 1 unspecified atom stereocenters. The number of hydrogen-bond acceptors (Lipinski definition) is 4. The fourth-order valence-corrected chi connectivity index (χ4v) is 1.56. The first-order chi connectivity index (χ1) is 9.90. The van der Waals surface area contributed by atoms with Crippen molar-refractivity contribution in [2.24, 2.45) is 0 Å². The first-order valence-corrected chi connectivity index (χ1v) is 6.15. The van der Waals surface area contributed by atoms with Crippen molar-refractivity contribution < 1.29 is 28.4 Å². The molecule has 1 atom stereocenters. The minimum atomic E-state index is -0.844. The van der Waals surface area contributed by atoms with Crippen molar-refractivity contribution in [1.29, 1.82) is 0 Å². The molecule has 1 rings (SSSR count). The average Bonchev–Trinajstić information content (AvgIpc) is 2.40. The SMILES string of the molecule is COC(=O)NC(=O)C[NH+](C)CC(=O)Nc1ccc(F)cc1. The fourth-order valence-electron chi connectivity index (χ4n) is 1.56. The summed E-state index contributed by atoms with van der Waals surface area (Å²) in [6, 6.07) is 5.34. The highest BCUT2D eigenvalue weighted by atomic mass is 19.1. The van der Waals surface area contributed by atoms with E-state index in [4.69, 9.17) is 0 Å². The third kappa shape index (κ3) is 6.48. The molecule has 21 heavy (non-hydrogen) atoms. The summed E-state index contributed by atoms with van der Waals surface area (Å²) in [5, 5.41) is 4.57. The van der Waals surface area contributed by atoms with Crippen molar-refractivity contribution in [3.05, 3.63) is 30.1 Å². The number of hydrogen-bond donors (Lipinski definition) is 3. The van der Waals surface area contributed by atoms with Crippen LogP contribution in [0.25, 0.3) is 0 Å². The van der Waals surface area contributed by atoms with Gasteiger partial charge in [-0.2, -0.15) is 0 Å². The summed E-state index contributed by atoms with van der Waals surface area (Å²) in [6.45, 7) is -0.0437. The van der Waals surface area contributed by atoms with Crippen molar-refractivity contribution >= 4 is 23.6 Å². The Hall–Kier alpha value is -2.48. The molecule has 0 aliphatic carbocycles. The maximum atomic E-state index is 12.7. The van der Waals surface area contributed by atoms with Crippen molar-refractivity contribution in [3.63, 3.8) is 0 Å². The summed E-state index contributed by atoms with van der Waals surface area (Å²) >= 11 is 0. The lowest BCUT2D eigenvalue weighted by atomic mass is 10.3. The molecule has 0 heterocycles. The minimum absolute atomic E-state index is 0.0198. The lowest BCUT2D eigenvalue weighted by Gasteiger charge is -2.13. The molecule has 1 aromatic carbocycles. The molecule has 0 saturated carbocycles. The van der Waals surface area contributed by atoms with E-state index in [1.807, 2.05) is 5.32 Å². The highest BCUT2D eigenvalue weighted by Crippen LogP contribution is 2.07. The van der Waals surface area contributed by atoms with Gasteiger partial charge in [0, 0.05) is 5.69 Å². The number of nitrogens with one attached hydrogen (secondary N) is 3. The summed E-state index contributed by atoms with van der Waals surface area (Å²) in [5.41, 5.74) is 0.466. The Morgan fingerprint density at radius 3 is 2.29 bits per heavy atom. The van der Waals surface area contributed by atoms with E-state index in [0.717, 1.165) is 7.11 Å². The number of rotatable bonds is 5. The standard InChI is InChI=1S/C13H16FN3O4/c1-17(8-12(19)16-13(20)21-2)7-11(18)15-10-5-3-9(14)4-6-10/h3-6H,7-8H2,1-2H3,(H,15,18)(H,16,19,20)/p+1. The Morgan fingerprint density at radius 1 is 1.14 bits per heavy atom. The summed E-state index contributed by atoms with van der Waals surface area (Å²) in [7, 11) is 2.77. The number of halogens is 1. The molecule has 0 aliphatic rings. The van der Waals surface area contributed by atoms with E-state index < -0.39 is 17.8 Å². The number of benzene rings is 1. The number of ether oxygens (including phenoxy) is 1. The maximum Gasteiger partial charge on any atom is 0.413 e. The van der Waals surface area contributed by atoms with E-state index in [0.29, 0.717) is 10.6 Å². The summed E-state index contributed by atoms with van der Waals surface area (Å²) < 4.78 is 17.0. The second-order valence-corrected chi connectivity index (χ2v) is 4.41. The van der Waals surface area contributed by atoms with Crippen LogP contribution in [0.5, 0.6) is 0 Å². The van der Waals surface area contributed by atoms with Gasteiger partial charge in [-0.05, 0) is 24.3 Å². The fraction of sp³-hybridized carbons (Fsp3) is 0.308. The molecule has 0 spiro atoms. The van der Waals surface area contributed by atoms with Crippen LogP contribution in [0.3, 0.4) is 0 Å². The molecular formula is C13H17FN3O4+. The normalized spacial score (nSPS) is 11.4. The van der Waals surface area contributed by atoms with Gasteiger partial charge in [0.25, 0.3) is 11.8 Å². The number of alkyl carbamates (subject to hydrolysis) is 1. The Bertz CT molecular complexity index is 519. The monoisotopic (exact) mass is 298 g/mol. The van der Waals surface area contributed by atoms with Gasteiger partial charge in [0.05, 0.1) is 14.2 Å². The first kappa shape index (κ1) is 16.6. The van der Waals surface area contributed by atoms with Gasteiger partial charge >= 0.3 is 6.09 Å². The third-order valence-corrected chi connectivity index (χ3v) is 2.48. The van der Waals surface area contributed by atoms with Crippen LogP contribution in [-0.4, -0.2) is 45.2 Å². The molecule has 0 aliphatic heterocycles. The Morgan fingerprint density at radius 2 is 1.71 bits per heavy atom. The van der Waals surface area contributed by atoms with Gasteiger partial charge in [-0.3, -0.25) is 14.9 Å². The number of carbonyl (C=O) groups excluding carboxylic acids is 3. The predicted molar refractivity (Wildman–Crippen MR) is 72.2 cm³/mol. The number of methoxy groups -OCH3 is 1. The molecule has 0 fully saturated rings. The molecule has 0 radical (unpaired) electrons. The van der Waals surface area contributed by atoms with E-state index >= 15 is 0 Å². The maximum absolute atomic E-state index is 12.7. The van der Waals surface area contributed by atoms with Crippen LogP contribution >= 0.6 is 0 Å². The van der Waals surface area contributed by atoms with Crippen molar-refractivity contribution in [2.45, 2.75) is 0 Å². The van der Waals surface area contributed by atoms with Gasteiger partial charge < -0.3 is 15.0 Å². The zero-order chi connectivity index (χ0) is 15.8. The highest BCUT2D eigenvalue weighted by Gasteiger charge is 2.16. The summed E-state index contributed by atoms with van der Waals surface area (Å²) in [5.74, 6) is -1.27. The molecule has 1 aromatic rings. The van der Waals surface area contributed by atoms with Gasteiger partial charge in [0.2, 0.25) is 0 Å². The van der Waals surface area contributed by atoms with E-state index in [1.165, 1.54) is 24.3 Å². The molecule has 0 bridgehead atoms. The van der Waals surface area contributed by atoms with Crippen LogP contribution in [0.1, 0.15) is 0 Å². The highest BCUT2D eigenvalue weighted by molar-refractivity contribution is 5.93. The van der Waals surface area contributed by atoms with Gasteiger partial charge in [0.15, 0.2) is 13.1 Å². The van der Waals surface area contributed by atoms with Crippen LogP contribution in [-0.2, 0) is 14.3 Å². The van der Waals surface area contributed by atoms with E-state index in [9.17, 15) is 18.8 Å². The predicted octanol–water partition coefficient (Wildman–Crippen LogP) is -0.838. The number of quaternary nitrogens is 1. The second kappa shape index (κ2) is 7.95. The topological polar surface area (TPSA) is 88.9 Å². The van der Waals surface area contributed by atoms with Crippen LogP contribution in [0, 0.1) is 5.82 Å². The molecule has 0 saturated heterocycles. The number of amides is 3. The third-order valence-electron chi connectivity index (χ3n) is 2.48. The Labute approximate surface area is 121 Å². The summed E-state index contributed by atoms with van der Waals surface area (Å²) in [4.78, 5) is 34.5. The minimum Gasteiger partial charge on any atom is -0.453 e. The molecule has 0 aromatic heterocycles. The Balaban J connectivity index is 2.38. The molecule has 3 amide bonds. The van der Waals surface area contributed by atoms with Crippen molar-refractivity contribution in [1.82, 2.24) is 5.32 Å². The van der Waals surface area contributed by atoms with Crippen molar-refractivity contribution in [2.75, 3.05) is 32.6 Å². The molecule has 114 valence electrons. The van der Waals surface area contributed by atoms with Crippen LogP contribution in [0.2, 0.25) is 0 Å². The van der Waals surface area contributed by atoms with Crippen molar-refractivity contribution in [3.8, 4) is 0 Å². The van der Waals surface area contributed by atoms with Gasteiger partial charge in [-0.1, -0.05) is 0 Å². The lowest BCUT2D eigenvalue weighted by Crippen LogP contribution is -3.11. The van der Waals surface area contributed by atoms with E-state index in [2.05, 4.69) is 10.1 Å². The number of anilines is 1. The lowest BCUT2D eigenvalue weighted by molar-refractivity contribution is -0.862. The summed E-state index contributed by atoms with van der Waals surface area (Å²) in [6.07, 6.45) is -0.844. The van der Waals surface area contributed by atoms with Gasteiger partial charge in [0.1, 0.15) is 5.82 Å². The molecule has 7 nitrogen and oxygen atoms in total. The van der Waals surface area contributed by atoms with Crippen LogP contribution < -0.4 is 15.5 Å². The zero-order valence-corrected chi connectivity index (χ0v) is 11.7. The second-order valence-electron chi connectivity index (χ2n) is 4.41. The molecule has 3 N–H and O–H groups in total. The average molecular weight is 298 g/mol. The molecule has 8 heteroatoms. The quantitative estimate of drug-likeness (QED) is 0.661.